The van der Waals surface area contributed by atoms with Crippen molar-refractivity contribution < 1.29 is 0 Å². The van der Waals surface area contributed by atoms with Gasteiger partial charge in [-0.25, -0.2) is 9.97 Å². The second kappa shape index (κ2) is 5.59. The van der Waals surface area contributed by atoms with Gasteiger partial charge in [-0.15, -0.1) is 0 Å². The predicted molar refractivity (Wildman–Crippen MR) is 80.0 cm³/mol. The molecule has 1 aromatic carbocycles. The molecule has 6 nitrogen and oxygen atoms in total. The van der Waals surface area contributed by atoms with Crippen LogP contribution in [-0.4, -0.2) is 26.3 Å². The van der Waals surface area contributed by atoms with Crippen LogP contribution in [0.15, 0.2) is 42.9 Å². The van der Waals surface area contributed by atoms with Crippen LogP contribution in [0.5, 0.6) is 0 Å². The number of nitriles is 1. The lowest BCUT2D eigenvalue weighted by atomic mass is 10.2. The molecule has 0 fully saturated rings. The van der Waals surface area contributed by atoms with Crippen LogP contribution in [0.4, 0.5) is 11.5 Å². The van der Waals surface area contributed by atoms with Gasteiger partial charge in [0.2, 0.25) is 0 Å². The van der Waals surface area contributed by atoms with E-state index in [1.54, 1.807) is 10.9 Å². The first-order valence-corrected chi connectivity index (χ1v) is 6.63. The third-order valence-corrected chi connectivity index (χ3v) is 3.28. The van der Waals surface area contributed by atoms with E-state index in [4.69, 9.17) is 5.26 Å². The smallest absolute Gasteiger partial charge is 0.163 e. The summed E-state index contributed by atoms with van der Waals surface area (Å²) in [6, 6.07) is 12.1. The number of aromatic nitrogens is 4. The van der Waals surface area contributed by atoms with Crippen LogP contribution in [0, 0.1) is 11.3 Å². The minimum Gasteiger partial charge on any atom is -0.325 e. The third-order valence-electron chi connectivity index (χ3n) is 3.28. The van der Waals surface area contributed by atoms with Crippen molar-refractivity contribution in [2.24, 2.45) is 7.05 Å². The highest BCUT2D eigenvalue weighted by Gasteiger charge is 2.16. The lowest BCUT2D eigenvalue weighted by Gasteiger charge is -2.23. The van der Waals surface area contributed by atoms with E-state index in [-0.39, 0.29) is 0 Å². The van der Waals surface area contributed by atoms with Crippen LogP contribution in [0.25, 0.3) is 11.0 Å². The molecule has 2 aromatic heterocycles. The first-order chi connectivity index (χ1) is 10.3. The molecule has 104 valence electrons. The zero-order valence-electron chi connectivity index (χ0n) is 11.6. The Kier molecular flexibility index (Phi) is 3.48. The van der Waals surface area contributed by atoms with Crippen LogP contribution >= 0.6 is 0 Å². The summed E-state index contributed by atoms with van der Waals surface area (Å²) in [5.74, 6) is 0.773. The number of aryl methyl sites for hydroxylation is 1. The second-order valence-electron chi connectivity index (χ2n) is 4.60. The number of para-hydroxylation sites is 1. The minimum atomic E-state index is 0.417. The van der Waals surface area contributed by atoms with Gasteiger partial charge in [-0.1, -0.05) is 18.2 Å². The van der Waals surface area contributed by atoms with Crippen molar-refractivity contribution in [3.8, 4) is 6.07 Å². The second-order valence-corrected chi connectivity index (χ2v) is 4.60. The molecule has 21 heavy (non-hydrogen) atoms. The molecule has 0 N–H and O–H groups in total. The fourth-order valence-corrected chi connectivity index (χ4v) is 2.29. The highest BCUT2D eigenvalue weighted by atomic mass is 15.3. The van der Waals surface area contributed by atoms with E-state index < -0.39 is 0 Å². The average Bonchev–Trinajstić information content (AvgIpc) is 2.91. The van der Waals surface area contributed by atoms with Crippen molar-refractivity contribution in [2.75, 3.05) is 11.4 Å². The molecule has 0 unspecified atom stereocenters. The normalized spacial score (nSPS) is 10.5. The summed E-state index contributed by atoms with van der Waals surface area (Å²) in [6.45, 7) is 0.571. The Balaban J connectivity index is 2.13. The number of hydrogen-bond donors (Lipinski definition) is 0. The fourth-order valence-electron chi connectivity index (χ4n) is 2.29. The first kappa shape index (κ1) is 13.1. The average molecular weight is 278 g/mol. The van der Waals surface area contributed by atoms with Gasteiger partial charge in [0.15, 0.2) is 5.65 Å². The zero-order chi connectivity index (χ0) is 14.7. The van der Waals surface area contributed by atoms with E-state index in [1.807, 2.05) is 42.3 Å². The van der Waals surface area contributed by atoms with E-state index in [1.165, 1.54) is 6.33 Å². The number of hydrogen-bond acceptors (Lipinski definition) is 5. The standard InChI is InChI=1S/C15H14N6/c1-20-14-13(10-19-20)15(18-11-17-14)21(9-5-8-16)12-6-3-2-4-7-12/h2-4,6-7,10-11H,5,9H2,1H3. The maximum absolute atomic E-state index is 8.90. The monoisotopic (exact) mass is 278 g/mol. The van der Waals surface area contributed by atoms with Crippen molar-refractivity contribution in [3.63, 3.8) is 0 Å². The molecule has 6 heteroatoms. The van der Waals surface area contributed by atoms with Crippen LogP contribution in [0.3, 0.4) is 0 Å². The molecule has 0 amide bonds. The summed E-state index contributed by atoms with van der Waals surface area (Å²) in [5.41, 5.74) is 1.77. The van der Waals surface area contributed by atoms with Crippen LogP contribution in [0.1, 0.15) is 6.42 Å². The molecule has 0 radical (unpaired) electrons. The molecule has 0 aliphatic carbocycles. The van der Waals surface area contributed by atoms with Crippen LogP contribution < -0.4 is 4.90 Å². The summed E-state index contributed by atoms with van der Waals surface area (Å²) in [5, 5.41) is 14.0. The molecular weight excluding hydrogens is 264 g/mol. The van der Waals surface area contributed by atoms with Gasteiger partial charge in [-0.2, -0.15) is 10.4 Å². The summed E-state index contributed by atoms with van der Waals surface area (Å²) in [6.07, 6.45) is 3.70. The SMILES string of the molecule is Cn1ncc2c(N(CCC#N)c3ccccc3)ncnc21. The van der Waals surface area contributed by atoms with E-state index >= 15 is 0 Å². The maximum atomic E-state index is 8.90. The van der Waals surface area contributed by atoms with Crippen molar-refractivity contribution in [1.82, 2.24) is 19.7 Å². The van der Waals surface area contributed by atoms with Gasteiger partial charge < -0.3 is 4.90 Å². The fraction of sp³-hybridized carbons (Fsp3) is 0.200. The maximum Gasteiger partial charge on any atom is 0.163 e. The molecule has 0 bridgehead atoms. The number of nitrogens with zero attached hydrogens (tertiary/aromatic N) is 6. The number of anilines is 2. The molecule has 0 spiro atoms. The Labute approximate surface area is 122 Å². The Morgan fingerprint density at radius 3 is 2.81 bits per heavy atom. The quantitative estimate of drug-likeness (QED) is 0.733. The van der Waals surface area contributed by atoms with Gasteiger partial charge >= 0.3 is 0 Å². The van der Waals surface area contributed by atoms with Crippen molar-refractivity contribution in [2.45, 2.75) is 6.42 Å². The Hall–Kier alpha value is -2.94. The van der Waals surface area contributed by atoms with Gasteiger partial charge in [0.25, 0.3) is 0 Å². The summed E-state index contributed by atoms with van der Waals surface area (Å²) >= 11 is 0. The van der Waals surface area contributed by atoms with E-state index in [2.05, 4.69) is 21.1 Å². The predicted octanol–water partition coefficient (Wildman–Crippen LogP) is 2.42. The molecule has 0 saturated carbocycles. The van der Waals surface area contributed by atoms with Crippen LogP contribution in [0.2, 0.25) is 0 Å². The molecule has 0 atom stereocenters. The Morgan fingerprint density at radius 2 is 2.05 bits per heavy atom. The highest BCUT2D eigenvalue weighted by Crippen LogP contribution is 2.28. The number of rotatable bonds is 4. The number of benzene rings is 1. The summed E-state index contributed by atoms with van der Waals surface area (Å²) < 4.78 is 1.72. The van der Waals surface area contributed by atoms with Gasteiger partial charge in [0, 0.05) is 19.3 Å². The van der Waals surface area contributed by atoms with Crippen LogP contribution in [-0.2, 0) is 7.05 Å². The van der Waals surface area contributed by atoms with Crippen molar-refractivity contribution in [3.05, 3.63) is 42.9 Å². The van der Waals surface area contributed by atoms with Gasteiger partial charge in [0.05, 0.1) is 24.1 Å². The number of fused-ring (bicyclic) bond motifs is 1. The molecule has 3 rings (SSSR count). The lowest BCUT2D eigenvalue weighted by molar-refractivity contribution is 0.785. The zero-order valence-corrected chi connectivity index (χ0v) is 11.6. The first-order valence-electron chi connectivity index (χ1n) is 6.63. The van der Waals surface area contributed by atoms with Gasteiger partial charge in [-0.05, 0) is 12.1 Å². The summed E-state index contributed by atoms with van der Waals surface area (Å²) in [4.78, 5) is 10.7. The topological polar surface area (TPSA) is 70.6 Å². The molecular formula is C15H14N6. The minimum absolute atomic E-state index is 0.417. The largest absolute Gasteiger partial charge is 0.325 e. The van der Waals surface area contributed by atoms with Gasteiger partial charge in [0.1, 0.15) is 12.1 Å². The molecule has 0 aliphatic rings. The van der Waals surface area contributed by atoms with Gasteiger partial charge in [-0.3, -0.25) is 4.68 Å². The third kappa shape index (κ3) is 2.41. The van der Waals surface area contributed by atoms with Crippen molar-refractivity contribution in [1.29, 1.82) is 5.26 Å². The Morgan fingerprint density at radius 1 is 1.24 bits per heavy atom. The van der Waals surface area contributed by atoms with E-state index in [9.17, 15) is 0 Å². The van der Waals surface area contributed by atoms with E-state index in [0.717, 1.165) is 22.5 Å². The summed E-state index contributed by atoms with van der Waals surface area (Å²) in [7, 11) is 1.85. The molecule has 0 saturated heterocycles. The highest BCUT2D eigenvalue weighted by molar-refractivity contribution is 5.89. The van der Waals surface area contributed by atoms with E-state index in [0.29, 0.717) is 13.0 Å². The Bertz CT molecular complexity index is 787. The lowest BCUT2D eigenvalue weighted by Crippen LogP contribution is -2.19. The molecule has 0 aliphatic heterocycles. The molecule has 2 heterocycles. The van der Waals surface area contributed by atoms with Crippen molar-refractivity contribution >= 4 is 22.5 Å². The molecule has 3 aromatic rings.